The highest BCUT2D eigenvalue weighted by Gasteiger charge is 2.30. The monoisotopic (exact) mass is 436 g/mol. The summed E-state index contributed by atoms with van der Waals surface area (Å²) in [6, 6.07) is 13.0. The summed E-state index contributed by atoms with van der Waals surface area (Å²) in [6.45, 7) is 3.59. The van der Waals surface area contributed by atoms with E-state index in [4.69, 9.17) is 16.0 Å². The van der Waals surface area contributed by atoms with Crippen molar-refractivity contribution in [1.29, 1.82) is 0 Å². The second-order valence-corrected chi connectivity index (χ2v) is 7.44. The third-order valence-corrected chi connectivity index (χ3v) is 5.29. The van der Waals surface area contributed by atoms with Crippen molar-refractivity contribution in [2.24, 2.45) is 5.10 Å². The largest absolute Gasteiger partial charge is 0.507 e. The Balaban J connectivity index is 1.63. The Morgan fingerprint density at radius 1 is 1.13 bits per heavy atom. The van der Waals surface area contributed by atoms with E-state index in [0.717, 1.165) is 16.1 Å². The Bertz CT molecular complexity index is 1290. The summed E-state index contributed by atoms with van der Waals surface area (Å²) in [5.41, 5.74) is 2.46. The maximum absolute atomic E-state index is 12.9. The number of anilines is 1. The number of nitrogens with zero attached hydrogens (tertiary/aromatic N) is 2. The van der Waals surface area contributed by atoms with Gasteiger partial charge in [-0.25, -0.2) is 4.79 Å². The number of carbonyl (C=O) groups is 2. The molecule has 0 saturated heterocycles. The molecule has 1 amide bonds. The zero-order chi connectivity index (χ0) is 22.3. The average Bonchev–Trinajstić information content (AvgIpc) is 3.30. The van der Waals surface area contributed by atoms with Crippen LogP contribution < -0.4 is 5.01 Å². The number of carboxylic acids is 1. The fourth-order valence-electron chi connectivity index (χ4n) is 3.16. The number of phenols is 1. The highest BCUT2D eigenvalue weighted by Crippen LogP contribution is 2.31. The molecular weight excluding hydrogens is 420 g/mol. The van der Waals surface area contributed by atoms with Gasteiger partial charge in [-0.2, -0.15) is 10.1 Å². The molecule has 4 rings (SSSR count). The Hall–Kier alpha value is -3.84. The van der Waals surface area contributed by atoms with Gasteiger partial charge in [-0.05, 0) is 61.9 Å². The van der Waals surface area contributed by atoms with E-state index in [0.29, 0.717) is 27.8 Å². The van der Waals surface area contributed by atoms with Gasteiger partial charge in [0.2, 0.25) is 0 Å². The molecule has 1 aliphatic heterocycles. The number of hydrazone groups is 1. The zero-order valence-electron chi connectivity index (χ0n) is 16.6. The van der Waals surface area contributed by atoms with E-state index >= 15 is 0 Å². The van der Waals surface area contributed by atoms with Gasteiger partial charge in [-0.3, -0.25) is 4.79 Å². The second-order valence-electron chi connectivity index (χ2n) is 7.03. The van der Waals surface area contributed by atoms with Gasteiger partial charge < -0.3 is 14.6 Å². The third kappa shape index (κ3) is 3.83. The molecule has 8 heteroatoms. The van der Waals surface area contributed by atoms with Crippen LogP contribution in [0.4, 0.5) is 5.69 Å². The molecule has 2 N–H and O–H groups in total. The lowest BCUT2D eigenvalue weighted by molar-refractivity contribution is -0.114. The number of aryl methyl sites for hydroxylation is 1. The molecule has 0 saturated carbocycles. The van der Waals surface area contributed by atoms with Crippen LogP contribution in [0.25, 0.3) is 17.4 Å². The smallest absolute Gasteiger partial charge is 0.339 e. The number of carboxylic acid groups (broad SMARTS) is 1. The normalized spacial score (nSPS) is 14.9. The van der Waals surface area contributed by atoms with E-state index in [1.54, 1.807) is 25.1 Å². The molecule has 0 bridgehead atoms. The summed E-state index contributed by atoms with van der Waals surface area (Å²) in [7, 11) is 0. The summed E-state index contributed by atoms with van der Waals surface area (Å²) in [5.74, 6) is -1.06. The summed E-state index contributed by atoms with van der Waals surface area (Å²) < 4.78 is 5.86. The minimum atomic E-state index is -1.30. The first kappa shape index (κ1) is 20.4. The Kier molecular flexibility index (Phi) is 5.12. The molecule has 1 aromatic heterocycles. The predicted octanol–water partition coefficient (Wildman–Crippen LogP) is 5.12. The predicted molar refractivity (Wildman–Crippen MR) is 118 cm³/mol. The number of carbonyl (C=O) groups excluding carboxylic acids is 1. The van der Waals surface area contributed by atoms with Crippen LogP contribution in [0.5, 0.6) is 5.75 Å². The molecular formula is C23H17ClN2O5. The highest BCUT2D eigenvalue weighted by atomic mass is 35.5. The lowest BCUT2D eigenvalue weighted by atomic mass is 10.1. The van der Waals surface area contributed by atoms with Crippen molar-refractivity contribution in [2.45, 2.75) is 13.8 Å². The van der Waals surface area contributed by atoms with Gasteiger partial charge in [0, 0.05) is 10.6 Å². The number of amides is 1. The fraction of sp³-hybridized carbons (Fsp3) is 0.0870. The first-order valence-corrected chi connectivity index (χ1v) is 9.67. The summed E-state index contributed by atoms with van der Waals surface area (Å²) in [6.07, 6.45) is 1.58. The van der Waals surface area contributed by atoms with E-state index in [1.165, 1.54) is 18.2 Å². The third-order valence-electron chi connectivity index (χ3n) is 4.89. The molecule has 0 aliphatic carbocycles. The highest BCUT2D eigenvalue weighted by molar-refractivity contribution is 6.32. The van der Waals surface area contributed by atoms with E-state index in [2.05, 4.69) is 5.10 Å². The minimum Gasteiger partial charge on any atom is -0.507 e. The topological polar surface area (TPSA) is 103 Å². The van der Waals surface area contributed by atoms with Crippen LogP contribution in [0.3, 0.4) is 0 Å². The van der Waals surface area contributed by atoms with Crippen molar-refractivity contribution >= 4 is 41.0 Å². The molecule has 2 aromatic carbocycles. The van der Waals surface area contributed by atoms with E-state index in [1.807, 2.05) is 25.1 Å². The van der Waals surface area contributed by atoms with Crippen LogP contribution in [-0.4, -0.2) is 27.8 Å². The number of aromatic carboxylic acids is 1. The molecule has 156 valence electrons. The molecule has 0 radical (unpaired) electrons. The minimum absolute atomic E-state index is 0.234. The van der Waals surface area contributed by atoms with Crippen LogP contribution in [0, 0.1) is 6.92 Å². The molecule has 31 heavy (non-hydrogen) atoms. The number of halogens is 1. The van der Waals surface area contributed by atoms with Gasteiger partial charge in [0.05, 0.1) is 17.0 Å². The van der Waals surface area contributed by atoms with Gasteiger partial charge >= 0.3 is 5.97 Å². The zero-order valence-corrected chi connectivity index (χ0v) is 17.3. The molecule has 0 unspecified atom stereocenters. The van der Waals surface area contributed by atoms with Crippen LogP contribution in [-0.2, 0) is 4.79 Å². The molecule has 0 atom stereocenters. The van der Waals surface area contributed by atoms with E-state index in [-0.39, 0.29) is 11.3 Å². The maximum Gasteiger partial charge on any atom is 0.339 e. The number of aromatic hydroxyl groups is 1. The van der Waals surface area contributed by atoms with E-state index < -0.39 is 17.6 Å². The molecule has 3 aromatic rings. The van der Waals surface area contributed by atoms with Crippen LogP contribution in [0.1, 0.15) is 28.6 Å². The summed E-state index contributed by atoms with van der Waals surface area (Å²) in [4.78, 5) is 24.2. The Labute approximate surface area is 182 Å². The van der Waals surface area contributed by atoms with Crippen LogP contribution >= 0.6 is 11.6 Å². The van der Waals surface area contributed by atoms with Gasteiger partial charge in [-0.15, -0.1) is 0 Å². The fourth-order valence-corrected chi connectivity index (χ4v) is 3.34. The standard InChI is InChI=1S/C23H17ClN2O5/c1-12-3-4-14(9-19(12)24)21-8-6-16(31-21)11-17-13(2)25-26(22(17)28)15-5-7-20(27)18(10-15)23(29)30/h3-11,27H,1-2H3,(H,29,30)/b17-11-. The molecule has 0 spiro atoms. The number of benzene rings is 2. The lowest BCUT2D eigenvalue weighted by Gasteiger charge is -2.12. The number of rotatable bonds is 4. The van der Waals surface area contributed by atoms with Crippen molar-refractivity contribution in [3.05, 3.63) is 76.0 Å². The van der Waals surface area contributed by atoms with Crippen LogP contribution in [0.15, 0.2) is 63.6 Å². The molecule has 7 nitrogen and oxygen atoms in total. The first-order chi connectivity index (χ1) is 14.7. The summed E-state index contributed by atoms with van der Waals surface area (Å²) in [5, 5.41) is 24.8. The maximum atomic E-state index is 12.9. The number of hydrogen-bond acceptors (Lipinski definition) is 5. The van der Waals surface area contributed by atoms with Crippen molar-refractivity contribution in [2.75, 3.05) is 5.01 Å². The quantitative estimate of drug-likeness (QED) is 0.552. The first-order valence-electron chi connectivity index (χ1n) is 9.29. The summed E-state index contributed by atoms with van der Waals surface area (Å²) >= 11 is 6.19. The van der Waals surface area contributed by atoms with Crippen molar-refractivity contribution in [3.8, 4) is 17.1 Å². The lowest BCUT2D eigenvalue weighted by Crippen LogP contribution is -2.21. The van der Waals surface area contributed by atoms with Gasteiger partial charge in [0.1, 0.15) is 22.8 Å². The van der Waals surface area contributed by atoms with Crippen molar-refractivity contribution in [1.82, 2.24) is 0 Å². The Morgan fingerprint density at radius 2 is 1.90 bits per heavy atom. The van der Waals surface area contributed by atoms with E-state index in [9.17, 15) is 19.8 Å². The number of furan rings is 1. The van der Waals surface area contributed by atoms with Gasteiger partial charge in [0.25, 0.3) is 5.91 Å². The molecule has 1 aliphatic rings. The molecule has 0 fully saturated rings. The van der Waals surface area contributed by atoms with Crippen molar-refractivity contribution < 1.29 is 24.2 Å². The average molecular weight is 437 g/mol. The number of hydrogen-bond donors (Lipinski definition) is 2. The molecule has 2 heterocycles. The van der Waals surface area contributed by atoms with Crippen molar-refractivity contribution in [3.63, 3.8) is 0 Å². The Morgan fingerprint density at radius 3 is 2.61 bits per heavy atom. The second kappa shape index (κ2) is 7.77. The van der Waals surface area contributed by atoms with Gasteiger partial charge in [0.15, 0.2) is 0 Å². The SMILES string of the molecule is CC1=NN(c2ccc(O)c(C(=O)O)c2)C(=O)/C1=C\c1ccc(-c2ccc(C)c(Cl)c2)o1. The van der Waals surface area contributed by atoms with Crippen LogP contribution in [0.2, 0.25) is 5.02 Å². The van der Waals surface area contributed by atoms with Gasteiger partial charge in [-0.1, -0.05) is 23.7 Å².